The molecule has 2 heterocycles. The summed E-state index contributed by atoms with van der Waals surface area (Å²) in [6.45, 7) is 2.80. The quantitative estimate of drug-likeness (QED) is 0.523. The number of furan rings is 1. The van der Waals surface area contributed by atoms with E-state index in [-0.39, 0.29) is 33.8 Å². The minimum atomic E-state index is -1.43. The molecule has 1 aliphatic carbocycles. The lowest BCUT2D eigenvalue weighted by Gasteiger charge is -2.24. The fourth-order valence-corrected chi connectivity index (χ4v) is 2.67. The van der Waals surface area contributed by atoms with E-state index >= 15 is 0 Å². The summed E-state index contributed by atoms with van der Waals surface area (Å²) in [7, 11) is 2.72. The Morgan fingerprint density at radius 3 is 2.12 bits per heavy atom. The Morgan fingerprint density at radius 2 is 1.62 bits per heavy atom. The summed E-state index contributed by atoms with van der Waals surface area (Å²) in [5.41, 5.74) is 0.0312. The smallest absolute Gasteiger partial charge is 0.231 e. The lowest BCUT2D eigenvalue weighted by molar-refractivity contribution is -0.213. The van der Waals surface area contributed by atoms with E-state index in [9.17, 15) is 14.4 Å². The van der Waals surface area contributed by atoms with Gasteiger partial charge in [0.1, 0.15) is 0 Å². The molecule has 0 saturated carbocycles. The standard InChI is InChI=1S/C16H14N2O6/c1-7(19)10-11-12(20)8-5-17-18-6-9(8)13(21)14(11)24-15(10)16(2,22-3)23-4/h5-6H,1-4H3. The number of nitrogens with zero attached hydrogens (tertiary/aromatic N) is 2. The van der Waals surface area contributed by atoms with Gasteiger partial charge in [-0.05, 0) is 13.8 Å². The van der Waals surface area contributed by atoms with Crippen molar-refractivity contribution >= 4 is 17.3 Å². The van der Waals surface area contributed by atoms with Crippen LogP contribution in [-0.2, 0) is 15.3 Å². The summed E-state index contributed by atoms with van der Waals surface area (Å²) >= 11 is 0. The number of methoxy groups -OCH3 is 2. The van der Waals surface area contributed by atoms with E-state index in [1.165, 1.54) is 40.5 Å². The van der Waals surface area contributed by atoms with Crippen LogP contribution in [-0.4, -0.2) is 41.8 Å². The van der Waals surface area contributed by atoms with Crippen molar-refractivity contribution in [2.45, 2.75) is 19.6 Å². The fraction of sp³-hybridized carbons (Fsp3) is 0.312. The molecule has 0 saturated heterocycles. The topological polar surface area (TPSA) is 109 Å². The van der Waals surface area contributed by atoms with E-state index in [2.05, 4.69) is 10.2 Å². The number of Topliss-reactive ketones (excluding diaryl/α,β-unsaturated/α-hetero) is 1. The molecule has 24 heavy (non-hydrogen) atoms. The number of hydrogen-bond acceptors (Lipinski definition) is 8. The Bertz CT molecular complexity index is 879. The second kappa shape index (κ2) is 5.43. The van der Waals surface area contributed by atoms with Gasteiger partial charge in [-0.3, -0.25) is 14.4 Å². The molecule has 0 aliphatic heterocycles. The first kappa shape index (κ1) is 16.2. The van der Waals surface area contributed by atoms with Gasteiger partial charge in [0.15, 0.2) is 23.1 Å². The molecule has 0 unspecified atom stereocenters. The van der Waals surface area contributed by atoms with Crippen molar-refractivity contribution in [3.8, 4) is 0 Å². The highest BCUT2D eigenvalue weighted by Gasteiger charge is 2.44. The fourth-order valence-electron chi connectivity index (χ4n) is 2.67. The monoisotopic (exact) mass is 330 g/mol. The van der Waals surface area contributed by atoms with Crippen LogP contribution in [0, 0.1) is 0 Å². The van der Waals surface area contributed by atoms with Crippen molar-refractivity contribution in [2.75, 3.05) is 14.2 Å². The van der Waals surface area contributed by atoms with Crippen LogP contribution < -0.4 is 0 Å². The molecule has 124 valence electrons. The van der Waals surface area contributed by atoms with E-state index in [1.54, 1.807) is 0 Å². The normalized spacial score (nSPS) is 13.7. The Morgan fingerprint density at radius 1 is 1.08 bits per heavy atom. The predicted octanol–water partition coefficient (Wildman–Crippen LogP) is 1.51. The summed E-state index contributed by atoms with van der Waals surface area (Å²) in [4.78, 5) is 37.6. The van der Waals surface area contributed by atoms with Crippen molar-refractivity contribution in [2.24, 2.45) is 0 Å². The molecule has 2 aromatic rings. The third-order valence-electron chi connectivity index (χ3n) is 4.10. The average Bonchev–Trinajstić information content (AvgIpc) is 3.01. The third kappa shape index (κ3) is 2.04. The van der Waals surface area contributed by atoms with E-state index in [4.69, 9.17) is 13.9 Å². The SMILES string of the molecule is COC(C)(OC)c1oc2c(c1C(C)=O)C(=O)c1cnncc1C2=O. The average molecular weight is 330 g/mol. The molecule has 0 atom stereocenters. The molecular weight excluding hydrogens is 316 g/mol. The van der Waals surface area contributed by atoms with Crippen LogP contribution in [0.25, 0.3) is 0 Å². The number of carbonyl (C=O) groups excluding carboxylic acids is 3. The van der Waals surface area contributed by atoms with Crippen molar-refractivity contribution in [3.63, 3.8) is 0 Å². The number of aromatic nitrogens is 2. The largest absolute Gasteiger partial charge is 0.450 e. The van der Waals surface area contributed by atoms with E-state index < -0.39 is 23.1 Å². The maximum Gasteiger partial charge on any atom is 0.231 e. The van der Waals surface area contributed by atoms with E-state index in [1.807, 2.05) is 0 Å². The van der Waals surface area contributed by atoms with Crippen LogP contribution in [0.3, 0.4) is 0 Å². The molecule has 1 aliphatic rings. The van der Waals surface area contributed by atoms with Crippen molar-refractivity contribution in [3.05, 3.63) is 46.2 Å². The number of ketones is 3. The van der Waals surface area contributed by atoms with Crippen molar-refractivity contribution in [1.82, 2.24) is 10.2 Å². The Kier molecular flexibility index (Phi) is 3.66. The molecule has 0 N–H and O–H groups in total. The number of carbonyl (C=O) groups is 3. The second-order valence-corrected chi connectivity index (χ2v) is 5.40. The molecule has 0 spiro atoms. The van der Waals surface area contributed by atoms with Gasteiger partial charge in [-0.15, -0.1) is 0 Å². The van der Waals surface area contributed by atoms with Crippen LogP contribution in [0.1, 0.15) is 62.0 Å². The van der Waals surface area contributed by atoms with Gasteiger partial charge in [0.05, 0.1) is 34.6 Å². The minimum absolute atomic E-state index is 0.0274. The highest BCUT2D eigenvalue weighted by molar-refractivity contribution is 6.30. The molecular formula is C16H14N2O6. The zero-order valence-electron chi connectivity index (χ0n) is 13.5. The predicted molar refractivity (Wildman–Crippen MR) is 79.0 cm³/mol. The molecule has 0 fully saturated rings. The van der Waals surface area contributed by atoms with Gasteiger partial charge in [-0.25, -0.2) is 0 Å². The van der Waals surface area contributed by atoms with Gasteiger partial charge in [-0.1, -0.05) is 0 Å². The minimum Gasteiger partial charge on any atom is -0.450 e. The summed E-state index contributed by atoms with van der Waals surface area (Å²) < 4.78 is 16.1. The van der Waals surface area contributed by atoms with Gasteiger partial charge >= 0.3 is 0 Å². The van der Waals surface area contributed by atoms with Gasteiger partial charge < -0.3 is 13.9 Å². The number of rotatable bonds is 4. The summed E-state index contributed by atoms with van der Waals surface area (Å²) in [5.74, 6) is -3.19. The first-order chi connectivity index (χ1) is 11.4. The molecule has 0 amide bonds. The van der Waals surface area contributed by atoms with Crippen molar-refractivity contribution < 1.29 is 28.3 Å². The first-order valence-electron chi connectivity index (χ1n) is 7.04. The third-order valence-corrected chi connectivity index (χ3v) is 4.10. The highest BCUT2D eigenvalue weighted by atomic mass is 16.7. The Balaban J connectivity index is 2.35. The van der Waals surface area contributed by atoms with Gasteiger partial charge in [0.2, 0.25) is 11.6 Å². The lowest BCUT2D eigenvalue weighted by Crippen LogP contribution is -2.28. The number of fused-ring (bicyclic) bond motifs is 2. The van der Waals surface area contributed by atoms with E-state index in [0.717, 1.165) is 0 Å². The maximum absolute atomic E-state index is 12.8. The molecule has 0 bridgehead atoms. The zero-order chi connectivity index (χ0) is 17.6. The molecule has 2 aromatic heterocycles. The van der Waals surface area contributed by atoms with Crippen molar-refractivity contribution in [1.29, 1.82) is 0 Å². The number of hydrogen-bond donors (Lipinski definition) is 0. The molecule has 0 radical (unpaired) electrons. The molecule has 8 heteroatoms. The zero-order valence-corrected chi connectivity index (χ0v) is 13.5. The van der Waals surface area contributed by atoms with Crippen LogP contribution in [0.4, 0.5) is 0 Å². The van der Waals surface area contributed by atoms with Gasteiger partial charge in [0, 0.05) is 14.2 Å². The molecule has 8 nitrogen and oxygen atoms in total. The van der Waals surface area contributed by atoms with Gasteiger partial charge in [0.25, 0.3) is 0 Å². The van der Waals surface area contributed by atoms with Crippen LogP contribution in [0.15, 0.2) is 16.8 Å². The summed E-state index contributed by atoms with van der Waals surface area (Å²) in [6, 6.07) is 0. The summed E-state index contributed by atoms with van der Waals surface area (Å²) in [6.07, 6.45) is 2.39. The first-order valence-corrected chi connectivity index (χ1v) is 7.04. The van der Waals surface area contributed by atoms with E-state index in [0.29, 0.717) is 0 Å². The highest BCUT2D eigenvalue weighted by Crippen LogP contribution is 2.39. The Hall–Kier alpha value is -2.71. The second-order valence-electron chi connectivity index (χ2n) is 5.40. The number of ether oxygens (including phenoxy) is 2. The lowest BCUT2D eigenvalue weighted by atomic mass is 9.87. The Labute approximate surface area is 136 Å². The molecule has 0 aromatic carbocycles. The molecule has 3 rings (SSSR count). The van der Waals surface area contributed by atoms with Crippen LogP contribution in [0.5, 0.6) is 0 Å². The van der Waals surface area contributed by atoms with Crippen LogP contribution >= 0.6 is 0 Å². The van der Waals surface area contributed by atoms with Crippen LogP contribution in [0.2, 0.25) is 0 Å². The summed E-state index contributed by atoms with van der Waals surface area (Å²) in [5, 5.41) is 7.25. The maximum atomic E-state index is 12.8. The van der Waals surface area contributed by atoms with Gasteiger partial charge in [-0.2, -0.15) is 10.2 Å².